The Kier molecular flexibility index (Phi) is 4.51. The van der Waals surface area contributed by atoms with Gasteiger partial charge in [-0.05, 0) is 19.4 Å². The normalized spacial score (nSPS) is 22.9. The molecule has 15 heavy (non-hydrogen) atoms. The molecule has 1 unspecified atom stereocenters. The van der Waals surface area contributed by atoms with Crippen LogP contribution < -0.4 is 5.32 Å². The molecule has 1 atom stereocenters. The molecule has 5 nitrogen and oxygen atoms in total. The SMILES string of the molecule is CCCN(C1CCNC1)S(=O)(=O)N(C)C. The molecule has 0 aliphatic carbocycles. The Bertz CT molecular complexity index is 284. The van der Waals surface area contributed by atoms with Crippen LogP contribution >= 0.6 is 0 Å². The zero-order chi connectivity index (χ0) is 11.5. The molecular formula is C9H21N3O2S. The molecule has 0 aromatic carbocycles. The highest BCUT2D eigenvalue weighted by Crippen LogP contribution is 2.15. The van der Waals surface area contributed by atoms with Gasteiger partial charge >= 0.3 is 0 Å². The maximum Gasteiger partial charge on any atom is 0.281 e. The maximum atomic E-state index is 12.0. The van der Waals surface area contributed by atoms with Gasteiger partial charge in [0.2, 0.25) is 0 Å². The second kappa shape index (κ2) is 5.25. The summed E-state index contributed by atoms with van der Waals surface area (Å²) in [6.45, 7) is 4.29. The first kappa shape index (κ1) is 12.9. The molecule has 1 N–H and O–H groups in total. The molecule has 1 saturated heterocycles. The van der Waals surface area contributed by atoms with Crippen molar-refractivity contribution in [2.75, 3.05) is 33.7 Å². The van der Waals surface area contributed by atoms with Gasteiger partial charge in [0.05, 0.1) is 0 Å². The van der Waals surface area contributed by atoms with Crippen molar-refractivity contribution >= 4 is 10.2 Å². The Hall–Kier alpha value is -0.170. The molecular weight excluding hydrogens is 214 g/mol. The van der Waals surface area contributed by atoms with Crippen molar-refractivity contribution < 1.29 is 8.42 Å². The van der Waals surface area contributed by atoms with Crippen LogP contribution in [0.3, 0.4) is 0 Å². The van der Waals surface area contributed by atoms with E-state index < -0.39 is 10.2 Å². The van der Waals surface area contributed by atoms with Gasteiger partial charge < -0.3 is 5.32 Å². The Labute approximate surface area is 92.6 Å². The average molecular weight is 235 g/mol. The lowest BCUT2D eigenvalue weighted by Crippen LogP contribution is -2.47. The first-order chi connectivity index (χ1) is 7.00. The minimum Gasteiger partial charge on any atom is -0.315 e. The van der Waals surface area contributed by atoms with Crippen molar-refractivity contribution in [3.8, 4) is 0 Å². The molecule has 1 heterocycles. The number of rotatable bonds is 5. The summed E-state index contributed by atoms with van der Waals surface area (Å²) in [7, 11) is -0.0905. The summed E-state index contributed by atoms with van der Waals surface area (Å²) in [5, 5.41) is 3.20. The predicted molar refractivity (Wildman–Crippen MR) is 60.9 cm³/mol. The van der Waals surface area contributed by atoms with Crippen LogP contribution in [0.25, 0.3) is 0 Å². The second-order valence-electron chi connectivity index (χ2n) is 4.05. The highest BCUT2D eigenvalue weighted by atomic mass is 32.2. The zero-order valence-corrected chi connectivity index (χ0v) is 10.5. The monoisotopic (exact) mass is 235 g/mol. The number of nitrogens with zero attached hydrogens (tertiary/aromatic N) is 2. The standard InChI is InChI=1S/C9H21N3O2S/c1-4-7-12(9-5-6-10-8-9)15(13,14)11(2)3/h9-10H,4-8H2,1-3H3. The third-order valence-corrected chi connectivity index (χ3v) is 4.64. The molecule has 0 spiro atoms. The van der Waals surface area contributed by atoms with Gasteiger partial charge in [-0.3, -0.25) is 0 Å². The van der Waals surface area contributed by atoms with E-state index >= 15 is 0 Å². The van der Waals surface area contributed by atoms with Crippen LogP contribution in [0.2, 0.25) is 0 Å². The predicted octanol–water partition coefficient (Wildman–Crippen LogP) is -0.133. The summed E-state index contributed by atoms with van der Waals surface area (Å²) in [5.41, 5.74) is 0. The summed E-state index contributed by atoms with van der Waals surface area (Å²) in [5.74, 6) is 0. The van der Waals surface area contributed by atoms with Crippen LogP contribution in [0.4, 0.5) is 0 Å². The summed E-state index contributed by atoms with van der Waals surface area (Å²) < 4.78 is 27.0. The maximum absolute atomic E-state index is 12.0. The van der Waals surface area contributed by atoms with Crippen molar-refractivity contribution in [2.24, 2.45) is 0 Å². The van der Waals surface area contributed by atoms with E-state index in [0.29, 0.717) is 6.54 Å². The van der Waals surface area contributed by atoms with Crippen LogP contribution in [0.15, 0.2) is 0 Å². The van der Waals surface area contributed by atoms with Gasteiger partial charge in [-0.25, -0.2) is 0 Å². The van der Waals surface area contributed by atoms with Crippen molar-refractivity contribution in [2.45, 2.75) is 25.8 Å². The smallest absolute Gasteiger partial charge is 0.281 e. The quantitative estimate of drug-likeness (QED) is 0.722. The minimum atomic E-state index is -3.26. The molecule has 0 aromatic heterocycles. The molecule has 0 amide bonds. The van der Waals surface area contributed by atoms with Crippen LogP contribution in [0.5, 0.6) is 0 Å². The lowest BCUT2D eigenvalue weighted by Gasteiger charge is -2.29. The van der Waals surface area contributed by atoms with Crippen molar-refractivity contribution in [1.29, 1.82) is 0 Å². The molecule has 1 aliphatic heterocycles. The van der Waals surface area contributed by atoms with Gasteiger partial charge in [0.25, 0.3) is 10.2 Å². The van der Waals surface area contributed by atoms with E-state index in [1.54, 1.807) is 18.4 Å². The van der Waals surface area contributed by atoms with E-state index in [-0.39, 0.29) is 6.04 Å². The molecule has 0 saturated carbocycles. The average Bonchev–Trinajstić information content (AvgIpc) is 2.66. The molecule has 0 radical (unpaired) electrons. The molecule has 0 bridgehead atoms. The first-order valence-electron chi connectivity index (χ1n) is 5.40. The van der Waals surface area contributed by atoms with E-state index in [1.807, 2.05) is 6.92 Å². The van der Waals surface area contributed by atoms with E-state index in [2.05, 4.69) is 5.32 Å². The highest BCUT2D eigenvalue weighted by molar-refractivity contribution is 7.86. The number of hydrogen-bond acceptors (Lipinski definition) is 3. The molecule has 1 rings (SSSR count). The lowest BCUT2D eigenvalue weighted by molar-refractivity contribution is 0.312. The fraction of sp³-hybridized carbons (Fsp3) is 1.00. The third-order valence-electron chi connectivity index (χ3n) is 2.64. The van der Waals surface area contributed by atoms with E-state index in [9.17, 15) is 8.42 Å². The molecule has 90 valence electrons. The first-order valence-corrected chi connectivity index (χ1v) is 6.80. The van der Waals surface area contributed by atoms with Gasteiger partial charge in [0.15, 0.2) is 0 Å². The molecule has 0 aromatic rings. The summed E-state index contributed by atoms with van der Waals surface area (Å²) in [4.78, 5) is 0. The van der Waals surface area contributed by atoms with Crippen LogP contribution in [0, 0.1) is 0 Å². The second-order valence-corrected chi connectivity index (χ2v) is 6.14. The number of hydrogen-bond donors (Lipinski definition) is 1. The summed E-state index contributed by atoms with van der Waals surface area (Å²) >= 11 is 0. The van der Waals surface area contributed by atoms with Gasteiger partial charge in [0.1, 0.15) is 0 Å². The van der Waals surface area contributed by atoms with Crippen LogP contribution in [-0.2, 0) is 10.2 Å². The van der Waals surface area contributed by atoms with Crippen molar-refractivity contribution in [1.82, 2.24) is 13.9 Å². The van der Waals surface area contributed by atoms with Gasteiger partial charge in [-0.15, -0.1) is 0 Å². The fourth-order valence-electron chi connectivity index (χ4n) is 1.80. The van der Waals surface area contributed by atoms with Gasteiger partial charge in [-0.2, -0.15) is 17.0 Å². The fourth-order valence-corrected chi connectivity index (χ4v) is 3.19. The van der Waals surface area contributed by atoms with Crippen molar-refractivity contribution in [3.05, 3.63) is 0 Å². The molecule has 1 fully saturated rings. The Balaban J connectivity index is 2.81. The minimum absolute atomic E-state index is 0.123. The number of nitrogens with one attached hydrogen (secondary N) is 1. The summed E-state index contributed by atoms with van der Waals surface area (Å²) in [6.07, 6.45) is 1.76. The highest BCUT2D eigenvalue weighted by Gasteiger charge is 2.32. The third kappa shape index (κ3) is 2.90. The largest absolute Gasteiger partial charge is 0.315 e. The van der Waals surface area contributed by atoms with Gasteiger partial charge in [-0.1, -0.05) is 6.92 Å². The Morgan fingerprint density at radius 3 is 2.47 bits per heavy atom. The van der Waals surface area contributed by atoms with E-state index in [0.717, 1.165) is 25.9 Å². The Morgan fingerprint density at radius 1 is 1.40 bits per heavy atom. The summed E-state index contributed by atoms with van der Waals surface area (Å²) in [6, 6.07) is 0.123. The Morgan fingerprint density at radius 2 is 2.07 bits per heavy atom. The van der Waals surface area contributed by atoms with Crippen LogP contribution in [-0.4, -0.2) is 56.8 Å². The molecule has 6 heteroatoms. The van der Waals surface area contributed by atoms with Crippen molar-refractivity contribution in [3.63, 3.8) is 0 Å². The zero-order valence-electron chi connectivity index (χ0n) is 9.73. The lowest BCUT2D eigenvalue weighted by atomic mass is 10.2. The van der Waals surface area contributed by atoms with E-state index in [4.69, 9.17) is 0 Å². The van der Waals surface area contributed by atoms with E-state index in [1.165, 1.54) is 4.31 Å². The topological polar surface area (TPSA) is 52.7 Å². The van der Waals surface area contributed by atoms with Gasteiger partial charge in [0, 0.05) is 33.2 Å². The van der Waals surface area contributed by atoms with Crippen LogP contribution in [0.1, 0.15) is 19.8 Å². The molecule has 1 aliphatic rings.